The standard InChI is InChI=1S/C16H21N5O4/c1-3-24-15-10-13(4-5-14(15)21(22)23)20-8-6-19(7-9-20)11-16-17-12(2)18-25-16/h4-5,10H,3,6-9,11H2,1-2H3. The normalized spacial score (nSPS) is 15.4. The highest BCUT2D eigenvalue weighted by atomic mass is 16.6. The summed E-state index contributed by atoms with van der Waals surface area (Å²) in [4.78, 5) is 19.3. The van der Waals surface area contributed by atoms with E-state index >= 15 is 0 Å². The van der Waals surface area contributed by atoms with E-state index < -0.39 is 4.92 Å². The molecule has 1 aliphatic heterocycles. The van der Waals surface area contributed by atoms with Crippen LogP contribution in [-0.2, 0) is 6.54 Å². The van der Waals surface area contributed by atoms with Gasteiger partial charge in [-0.1, -0.05) is 5.16 Å². The third-order valence-corrected chi connectivity index (χ3v) is 4.11. The van der Waals surface area contributed by atoms with Gasteiger partial charge >= 0.3 is 5.69 Å². The molecule has 1 fully saturated rings. The van der Waals surface area contributed by atoms with Crippen LogP contribution in [0.4, 0.5) is 11.4 Å². The zero-order valence-corrected chi connectivity index (χ0v) is 14.3. The summed E-state index contributed by atoms with van der Waals surface area (Å²) in [6, 6.07) is 5.03. The van der Waals surface area contributed by atoms with Crippen molar-refractivity contribution in [3.8, 4) is 5.75 Å². The molecule has 0 atom stereocenters. The summed E-state index contributed by atoms with van der Waals surface area (Å²) in [6.07, 6.45) is 0. The molecule has 1 saturated heterocycles. The van der Waals surface area contributed by atoms with Crippen LogP contribution in [0.2, 0.25) is 0 Å². The molecule has 2 aromatic rings. The van der Waals surface area contributed by atoms with Crippen molar-refractivity contribution in [3.05, 3.63) is 40.0 Å². The lowest BCUT2D eigenvalue weighted by atomic mass is 10.2. The monoisotopic (exact) mass is 347 g/mol. The van der Waals surface area contributed by atoms with Crippen LogP contribution in [0.3, 0.4) is 0 Å². The average molecular weight is 347 g/mol. The Bertz CT molecular complexity index is 740. The maximum atomic E-state index is 11.1. The molecule has 1 aromatic heterocycles. The summed E-state index contributed by atoms with van der Waals surface area (Å²) in [7, 11) is 0. The van der Waals surface area contributed by atoms with E-state index in [0.29, 0.717) is 30.6 Å². The summed E-state index contributed by atoms with van der Waals surface area (Å²) in [5, 5.41) is 14.9. The first-order valence-electron chi connectivity index (χ1n) is 8.24. The lowest BCUT2D eigenvalue weighted by Crippen LogP contribution is -2.46. The number of nitro benzene ring substituents is 1. The number of nitro groups is 1. The molecule has 0 radical (unpaired) electrons. The summed E-state index contributed by atoms with van der Waals surface area (Å²) < 4.78 is 10.6. The van der Waals surface area contributed by atoms with Crippen molar-refractivity contribution < 1.29 is 14.2 Å². The van der Waals surface area contributed by atoms with Gasteiger partial charge in [0.05, 0.1) is 18.1 Å². The van der Waals surface area contributed by atoms with Gasteiger partial charge in [-0.05, 0) is 19.9 Å². The molecule has 0 amide bonds. The van der Waals surface area contributed by atoms with Crippen LogP contribution in [0, 0.1) is 17.0 Å². The molecule has 9 heteroatoms. The van der Waals surface area contributed by atoms with Gasteiger partial charge in [0.15, 0.2) is 11.6 Å². The van der Waals surface area contributed by atoms with E-state index in [4.69, 9.17) is 9.26 Å². The molecule has 25 heavy (non-hydrogen) atoms. The second-order valence-corrected chi connectivity index (χ2v) is 5.84. The number of rotatable bonds is 6. The molecule has 0 N–H and O–H groups in total. The van der Waals surface area contributed by atoms with E-state index in [9.17, 15) is 10.1 Å². The highest BCUT2D eigenvalue weighted by molar-refractivity contribution is 5.59. The van der Waals surface area contributed by atoms with Crippen LogP contribution in [-0.4, -0.2) is 52.7 Å². The number of aromatic nitrogens is 2. The van der Waals surface area contributed by atoms with E-state index in [2.05, 4.69) is 19.9 Å². The lowest BCUT2D eigenvalue weighted by molar-refractivity contribution is -0.385. The first kappa shape index (κ1) is 17.2. The molecule has 0 bridgehead atoms. The van der Waals surface area contributed by atoms with Crippen LogP contribution >= 0.6 is 0 Å². The van der Waals surface area contributed by atoms with Crippen molar-refractivity contribution in [2.75, 3.05) is 37.7 Å². The van der Waals surface area contributed by atoms with Crippen molar-refractivity contribution >= 4 is 11.4 Å². The highest BCUT2D eigenvalue weighted by Crippen LogP contribution is 2.32. The number of nitrogens with zero attached hydrogens (tertiary/aromatic N) is 5. The fourth-order valence-corrected chi connectivity index (χ4v) is 2.88. The topological polar surface area (TPSA) is 97.8 Å². The zero-order chi connectivity index (χ0) is 17.8. The predicted molar refractivity (Wildman–Crippen MR) is 90.8 cm³/mol. The third-order valence-electron chi connectivity index (χ3n) is 4.11. The molecule has 0 aliphatic carbocycles. The number of hydrogen-bond donors (Lipinski definition) is 0. The van der Waals surface area contributed by atoms with Crippen molar-refractivity contribution in [1.29, 1.82) is 0 Å². The van der Waals surface area contributed by atoms with Gasteiger partial charge in [0.2, 0.25) is 5.89 Å². The van der Waals surface area contributed by atoms with Gasteiger partial charge in [-0.2, -0.15) is 4.98 Å². The molecule has 1 aliphatic rings. The Hall–Kier alpha value is -2.68. The average Bonchev–Trinajstić information content (AvgIpc) is 3.00. The maximum Gasteiger partial charge on any atom is 0.311 e. The Labute approximate surface area is 145 Å². The Morgan fingerprint density at radius 1 is 1.32 bits per heavy atom. The van der Waals surface area contributed by atoms with Crippen LogP contribution in [0.1, 0.15) is 18.6 Å². The Morgan fingerprint density at radius 3 is 2.68 bits per heavy atom. The minimum absolute atomic E-state index is 0.00370. The third kappa shape index (κ3) is 4.05. The van der Waals surface area contributed by atoms with Crippen molar-refractivity contribution in [2.45, 2.75) is 20.4 Å². The largest absolute Gasteiger partial charge is 0.487 e. The van der Waals surface area contributed by atoms with Gasteiger partial charge in [0, 0.05) is 44.0 Å². The van der Waals surface area contributed by atoms with Crippen LogP contribution in [0.5, 0.6) is 5.75 Å². The first-order valence-corrected chi connectivity index (χ1v) is 8.24. The van der Waals surface area contributed by atoms with E-state index in [1.807, 2.05) is 6.92 Å². The quantitative estimate of drug-likeness (QED) is 0.578. The minimum Gasteiger partial charge on any atom is -0.487 e. The van der Waals surface area contributed by atoms with Crippen LogP contribution in [0.25, 0.3) is 0 Å². The SMILES string of the molecule is CCOc1cc(N2CCN(Cc3nc(C)no3)CC2)ccc1[N+](=O)[O-]. The Kier molecular flexibility index (Phi) is 5.13. The van der Waals surface area contributed by atoms with Gasteiger partial charge in [0.1, 0.15) is 0 Å². The molecule has 2 heterocycles. The highest BCUT2D eigenvalue weighted by Gasteiger charge is 2.22. The number of anilines is 1. The van der Waals surface area contributed by atoms with Gasteiger partial charge in [-0.3, -0.25) is 15.0 Å². The molecule has 1 aromatic carbocycles. The van der Waals surface area contributed by atoms with E-state index in [1.165, 1.54) is 6.07 Å². The fraction of sp³-hybridized carbons (Fsp3) is 0.500. The molecular weight excluding hydrogens is 326 g/mol. The molecule has 0 saturated carbocycles. The van der Waals surface area contributed by atoms with Crippen molar-refractivity contribution in [2.24, 2.45) is 0 Å². The minimum atomic E-state index is -0.418. The summed E-state index contributed by atoms with van der Waals surface area (Å²) in [6.45, 7) is 7.97. The van der Waals surface area contributed by atoms with Gasteiger partial charge in [0.25, 0.3) is 0 Å². The molecule has 134 valence electrons. The van der Waals surface area contributed by atoms with Gasteiger partial charge in [-0.15, -0.1) is 0 Å². The zero-order valence-electron chi connectivity index (χ0n) is 14.3. The smallest absolute Gasteiger partial charge is 0.311 e. The second kappa shape index (κ2) is 7.47. The van der Waals surface area contributed by atoms with Crippen molar-refractivity contribution in [3.63, 3.8) is 0 Å². The van der Waals surface area contributed by atoms with E-state index in [1.54, 1.807) is 19.1 Å². The summed E-state index contributed by atoms with van der Waals surface area (Å²) in [5.74, 6) is 1.58. The van der Waals surface area contributed by atoms with Crippen molar-refractivity contribution in [1.82, 2.24) is 15.0 Å². The second-order valence-electron chi connectivity index (χ2n) is 5.84. The fourth-order valence-electron chi connectivity index (χ4n) is 2.88. The summed E-state index contributed by atoms with van der Waals surface area (Å²) >= 11 is 0. The van der Waals surface area contributed by atoms with Gasteiger partial charge in [-0.25, -0.2) is 0 Å². The Balaban J connectivity index is 1.64. The van der Waals surface area contributed by atoms with Crippen LogP contribution < -0.4 is 9.64 Å². The molecule has 0 spiro atoms. The van der Waals surface area contributed by atoms with Crippen LogP contribution in [0.15, 0.2) is 22.7 Å². The molecule has 9 nitrogen and oxygen atoms in total. The predicted octanol–water partition coefficient (Wildman–Crippen LogP) is 2.01. The number of piperazine rings is 1. The number of aryl methyl sites for hydroxylation is 1. The molecular formula is C16H21N5O4. The maximum absolute atomic E-state index is 11.1. The summed E-state index contributed by atoms with van der Waals surface area (Å²) in [5.41, 5.74) is 0.929. The molecule has 0 unspecified atom stereocenters. The Morgan fingerprint density at radius 2 is 2.08 bits per heavy atom. The number of hydrogen-bond acceptors (Lipinski definition) is 8. The lowest BCUT2D eigenvalue weighted by Gasteiger charge is -2.35. The first-order chi connectivity index (χ1) is 12.1. The van der Waals surface area contributed by atoms with E-state index in [0.717, 1.165) is 31.9 Å². The number of ether oxygens (including phenoxy) is 1. The van der Waals surface area contributed by atoms with E-state index in [-0.39, 0.29) is 5.69 Å². The molecule has 3 rings (SSSR count). The number of benzene rings is 1. The van der Waals surface area contributed by atoms with Gasteiger partial charge < -0.3 is 14.2 Å².